The first kappa shape index (κ1) is 25.6. The lowest BCUT2D eigenvalue weighted by molar-refractivity contribution is -0.148. The van der Waals surface area contributed by atoms with Crippen molar-refractivity contribution in [3.63, 3.8) is 0 Å². The quantitative estimate of drug-likeness (QED) is 0.650. The predicted molar refractivity (Wildman–Crippen MR) is 126 cm³/mol. The van der Waals surface area contributed by atoms with Gasteiger partial charge in [-0.15, -0.1) is 0 Å². The van der Waals surface area contributed by atoms with E-state index < -0.39 is 0 Å². The number of carbonyl (C=O) groups excluding carboxylic acids is 1. The molecule has 2 aliphatic heterocycles. The van der Waals surface area contributed by atoms with E-state index in [2.05, 4.69) is 84.5 Å². The Balaban J connectivity index is 2.07. The summed E-state index contributed by atoms with van der Waals surface area (Å²) in [4.78, 5) is 18.0. The molecule has 0 atom stereocenters. The highest BCUT2D eigenvalue weighted by atomic mass is 16.5. The third kappa shape index (κ3) is 6.43. The smallest absolute Gasteiger partial charge is 0.248 e. The van der Waals surface area contributed by atoms with Crippen LogP contribution in [0.3, 0.4) is 0 Å². The summed E-state index contributed by atoms with van der Waals surface area (Å²) in [6.07, 6.45) is 6.17. The number of hydrogen-bond donors (Lipinski definition) is 1. The molecule has 1 N–H and O–H groups in total. The molecular weight excluding hydrogens is 374 g/mol. The van der Waals surface area contributed by atoms with Crippen molar-refractivity contribution in [1.82, 2.24) is 15.1 Å². The van der Waals surface area contributed by atoms with Crippen LogP contribution in [0.1, 0.15) is 101 Å². The van der Waals surface area contributed by atoms with Crippen LogP contribution < -0.4 is 5.32 Å². The Labute approximate surface area is 186 Å². The Kier molecular flexibility index (Phi) is 7.74. The molecule has 0 aliphatic carbocycles. The van der Waals surface area contributed by atoms with Gasteiger partial charge in [-0.05, 0) is 94.5 Å². The maximum absolute atomic E-state index is 13.4. The highest BCUT2D eigenvalue weighted by Gasteiger charge is 2.44. The highest BCUT2D eigenvalue weighted by molar-refractivity contribution is 5.77. The van der Waals surface area contributed by atoms with E-state index in [9.17, 15) is 4.79 Å². The molecule has 2 rings (SSSR count). The van der Waals surface area contributed by atoms with E-state index in [1.807, 2.05) is 0 Å². The van der Waals surface area contributed by atoms with Gasteiger partial charge in [-0.25, -0.2) is 0 Å². The van der Waals surface area contributed by atoms with Crippen molar-refractivity contribution < 1.29 is 9.53 Å². The van der Waals surface area contributed by atoms with Crippen LogP contribution in [-0.2, 0) is 9.53 Å². The van der Waals surface area contributed by atoms with Crippen molar-refractivity contribution in [1.29, 1.82) is 0 Å². The highest BCUT2D eigenvalue weighted by Crippen LogP contribution is 2.38. The van der Waals surface area contributed by atoms with Crippen molar-refractivity contribution in [3.05, 3.63) is 0 Å². The summed E-state index contributed by atoms with van der Waals surface area (Å²) in [6.45, 7) is 21.3. The minimum atomic E-state index is 0.0278. The van der Waals surface area contributed by atoms with Crippen molar-refractivity contribution in [2.75, 3.05) is 20.2 Å². The number of nitrogens with zero attached hydrogens (tertiary/aromatic N) is 2. The summed E-state index contributed by atoms with van der Waals surface area (Å²) < 4.78 is 6.29. The summed E-state index contributed by atoms with van der Waals surface area (Å²) in [5, 5.41) is 3.74. The number of rotatable bonds is 7. The zero-order valence-corrected chi connectivity index (χ0v) is 21.5. The molecule has 2 aliphatic rings. The number of amides is 1. The first-order chi connectivity index (χ1) is 13.6. The maximum Gasteiger partial charge on any atom is 0.248 e. The molecule has 0 saturated carbocycles. The standard InChI is InChI=1S/C25H49N3O2/c1-11-12-13-28(19-14-22(2,3)26-23(4,5)15-19)21(29)18-30-20-16-24(6,7)27(10)25(8,9)17-20/h19-20,26H,11-18H2,1-10H3. The summed E-state index contributed by atoms with van der Waals surface area (Å²) in [6, 6.07) is 0.268. The molecule has 0 aromatic heterocycles. The fourth-order valence-electron chi connectivity index (χ4n) is 6.00. The molecule has 0 spiro atoms. The third-order valence-corrected chi connectivity index (χ3v) is 7.40. The number of likely N-dealkylation sites (tertiary alicyclic amines) is 1. The Morgan fingerprint density at radius 1 is 0.967 bits per heavy atom. The zero-order valence-electron chi connectivity index (χ0n) is 21.5. The Hall–Kier alpha value is -0.650. The molecule has 5 heteroatoms. The van der Waals surface area contributed by atoms with E-state index >= 15 is 0 Å². The SMILES string of the molecule is CCCCN(C(=O)COC1CC(C)(C)N(C)C(C)(C)C1)C1CC(C)(C)NC(C)(C)C1. The lowest BCUT2D eigenvalue weighted by Crippen LogP contribution is -2.63. The van der Waals surface area contributed by atoms with Gasteiger partial charge in [-0.1, -0.05) is 13.3 Å². The minimum Gasteiger partial charge on any atom is -0.368 e. The molecule has 0 aromatic carbocycles. The second-order valence-corrected chi connectivity index (χ2v) is 12.4. The number of ether oxygens (including phenoxy) is 1. The van der Waals surface area contributed by atoms with Crippen LogP contribution in [0, 0.1) is 0 Å². The number of carbonyl (C=O) groups is 1. The van der Waals surface area contributed by atoms with Crippen molar-refractivity contribution in [2.24, 2.45) is 0 Å². The average molecular weight is 424 g/mol. The summed E-state index contributed by atoms with van der Waals surface area (Å²) in [5.41, 5.74) is 0.195. The van der Waals surface area contributed by atoms with Crippen LogP contribution in [0.15, 0.2) is 0 Å². The molecule has 0 bridgehead atoms. The van der Waals surface area contributed by atoms with Gasteiger partial charge in [0, 0.05) is 34.7 Å². The lowest BCUT2D eigenvalue weighted by atomic mass is 9.78. The first-order valence-electron chi connectivity index (χ1n) is 12.0. The molecule has 5 nitrogen and oxygen atoms in total. The second-order valence-electron chi connectivity index (χ2n) is 12.4. The molecular formula is C25H49N3O2. The van der Waals surface area contributed by atoms with Crippen molar-refractivity contribution in [3.8, 4) is 0 Å². The van der Waals surface area contributed by atoms with Crippen LogP contribution >= 0.6 is 0 Å². The molecule has 0 aromatic rings. The van der Waals surface area contributed by atoms with Gasteiger partial charge >= 0.3 is 0 Å². The molecule has 0 radical (unpaired) electrons. The monoisotopic (exact) mass is 423 g/mol. The Morgan fingerprint density at radius 3 is 1.93 bits per heavy atom. The van der Waals surface area contributed by atoms with Gasteiger partial charge in [0.1, 0.15) is 6.61 Å². The topological polar surface area (TPSA) is 44.8 Å². The number of nitrogens with one attached hydrogen (secondary N) is 1. The van der Waals surface area contributed by atoms with Crippen LogP contribution in [0.25, 0.3) is 0 Å². The van der Waals surface area contributed by atoms with E-state index in [1.54, 1.807) is 0 Å². The van der Waals surface area contributed by atoms with Gasteiger partial charge < -0.3 is 15.0 Å². The number of hydrogen-bond acceptors (Lipinski definition) is 4. The molecule has 0 unspecified atom stereocenters. The Bertz CT molecular complexity index is 563. The van der Waals surface area contributed by atoms with Crippen LogP contribution in [0.5, 0.6) is 0 Å². The van der Waals surface area contributed by atoms with E-state index in [1.165, 1.54) is 0 Å². The maximum atomic E-state index is 13.4. The van der Waals surface area contributed by atoms with Crippen LogP contribution in [0.4, 0.5) is 0 Å². The summed E-state index contributed by atoms with van der Waals surface area (Å²) in [5.74, 6) is 0.163. The summed E-state index contributed by atoms with van der Waals surface area (Å²) in [7, 11) is 2.20. The van der Waals surface area contributed by atoms with Gasteiger partial charge in [0.15, 0.2) is 0 Å². The van der Waals surface area contributed by atoms with Gasteiger partial charge in [-0.2, -0.15) is 0 Å². The van der Waals surface area contributed by atoms with E-state index in [0.717, 1.165) is 45.1 Å². The first-order valence-corrected chi connectivity index (χ1v) is 12.0. The van der Waals surface area contributed by atoms with Gasteiger partial charge in [0.05, 0.1) is 6.10 Å². The fourth-order valence-corrected chi connectivity index (χ4v) is 6.00. The second kappa shape index (κ2) is 9.07. The van der Waals surface area contributed by atoms with Crippen LogP contribution in [-0.4, -0.2) is 70.2 Å². The molecule has 2 fully saturated rings. The van der Waals surface area contributed by atoms with Gasteiger partial charge in [0.2, 0.25) is 5.91 Å². The molecule has 30 heavy (non-hydrogen) atoms. The normalized spacial score (nSPS) is 26.5. The molecule has 2 heterocycles. The minimum absolute atomic E-state index is 0.0278. The zero-order chi connectivity index (χ0) is 23.0. The van der Waals surface area contributed by atoms with Crippen LogP contribution in [0.2, 0.25) is 0 Å². The summed E-state index contributed by atoms with van der Waals surface area (Å²) >= 11 is 0. The Morgan fingerprint density at radius 2 is 1.47 bits per heavy atom. The average Bonchev–Trinajstić information content (AvgIpc) is 2.55. The third-order valence-electron chi connectivity index (χ3n) is 7.40. The van der Waals surface area contributed by atoms with Crippen molar-refractivity contribution >= 4 is 5.91 Å². The van der Waals surface area contributed by atoms with E-state index in [0.29, 0.717) is 0 Å². The lowest BCUT2D eigenvalue weighted by Gasteiger charge is -2.53. The number of piperidine rings is 2. The predicted octanol–water partition coefficient (Wildman–Crippen LogP) is 4.59. The van der Waals surface area contributed by atoms with Gasteiger partial charge in [-0.3, -0.25) is 9.69 Å². The largest absolute Gasteiger partial charge is 0.368 e. The van der Waals surface area contributed by atoms with E-state index in [4.69, 9.17) is 4.74 Å². The molecule has 2 saturated heterocycles. The molecule has 176 valence electrons. The van der Waals surface area contributed by atoms with Gasteiger partial charge in [0.25, 0.3) is 0 Å². The number of unbranched alkanes of at least 4 members (excludes halogenated alkanes) is 1. The van der Waals surface area contributed by atoms with Crippen molar-refractivity contribution in [2.45, 2.75) is 135 Å². The molecule has 1 amide bonds. The fraction of sp³-hybridized carbons (Fsp3) is 0.960. The van der Waals surface area contributed by atoms with E-state index in [-0.39, 0.29) is 46.8 Å².